The standard InChI is InChI=1S/C16H29N3O/c1-7-20-10-16-18-13(5)15(14(6)19-16)8-12(4)9-17-11(2)3/h11-12,17H,7-10H2,1-6H3. The van der Waals surface area contributed by atoms with Gasteiger partial charge in [-0.25, -0.2) is 9.97 Å². The summed E-state index contributed by atoms with van der Waals surface area (Å²) < 4.78 is 5.38. The highest BCUT2D eigenvalue weighted by Crippen LogP contribution is 2.15. The molecule has 4 nitrogen and oxygen atoms in total. The van der Waals surface area contributed by atoms with Crippen LogP contribution in [0.4, 0.5) is 0 Å². The minimum atomic E-state index is 0.503. The zero-order valence-electron chi connectivity index (χ0n) is 13.8. The van der Waals surface area contributed by atoms with Gasteiger partial charge in [0.15, 0.2) is 5.82 Å². The molecule has 1 rings (SSSR count). The topological polar surface area (TPSA) is 47.0 Å². The summed E-state index contributed by atoms with van der Waals surface area (Å²) >= 11 is 0. The summed E-state index contributed by atoms with van der Waals surface area (Å²) in [5.41, 5.74) is 3.45. The second-order valence-electron chi connectivity index (χ2n) is 5.80. The first-order valence-corrected chi connectivity index (χ1v) is 7.58. The number of ether oxygens (including phenoxy) is 1. The van der Waals surface area contributed by atoms with E-state index in [1.165, 1.54) is 5.56 Å². The maximum absolute atomic E-state index is 5.38. The highest BCUT2D eigenvalue weighted by atomic mass is 16.5. The van der Waals surface area contributed by atoms with E-state index >= 15 is 0 Å². The summed E-state index contributed by atoms with van der Waals surface area (Å²) in [5, 5.41) is 3.48. The van der Waals surface area contributed by atoms with Crippen molar-refractivity contribution in [1.29, 1.82) is 0 Å². The SMILES string of the molecule is CCOCc1nc(C)c(CC(C)CNC(C)C)c(C)n1. The van der Waals surface area contributed by atoms with Crippen LogP contribution in [0.25, 0.3) is 0 Å². The predicted octanol–water partition coefficient (Wildman–Crippen LogP) is 2.81. The lowest BCUT2D eigenvalue weighted by molar-refractivity contribution is 0.128. The maximum atomic E-state index is 5.38. The van der Waals surface area contributed by atoms with E-state index in [0.717, 1.165) is 30.2 Å². The van der Waals surface area contributed by atoms with E-state index in [-0.39, 0.29) is 0 Å². The van der Waals surface area contributed by atoms with Crippen molar-refractivity contribution in [1.82, 2.24) is 15.3 Å². The molecule has 0 spiro atoms. The molecule has 1 N–H and O–H groups in total. The summed E-state index contributed by atoms with van der Waals surface area (Å²) in [7, 11) is 0. The summed E-state index contributed by atoms with van der Waals surface area (Å²) in [6.45, 7) is 15.0. The highest BCUT2D eigenvalue weighted by Gasteiger charge is 2.12. The first kappa shape index (κ1) is 17.1. The van der Waals surface area contributed by atoms with Gasteiger partial charge in [-0.05, 0) is 45.2 Å². The van der Waals surface area contributed by atoms with Gasteiger partial charge in [0, 0.05) is 24.0 Å². The molecule has 0 saturated carbocycles. The van der Waals surface area contributed by atoms with Gasteiger partial charge < -0.3 is 10.1 Å². The molecule has 114 valence electrons. The smallest absolute Gasteiger partial charge is 0.154 e. The lowest BCUT2D eigenvalue weighted by atomic mass is 9.98. The van der Waals surface area contributed by atoms with Gasteiger partial charge in [-0.1, -0.05) is 20.8 Å². The highest BCUT2D eigenvalue weighted by molar-refractivity contribution is 5.24. The van der Waals surface area contributed by atoms with E-state index in [4.69, 9.17) is 4.74 Å². The average molecular weight is 279 g/mol. The van der Waals surface area contributed by atoms with E-state index in [9.17, 15) is 0 Å². The largest absolute Gasteiger partial charge is 0.374 e. The predicted molar refractivity (Wildman–Crippen MR) is 82.8 cm³/mol. The van der Waals surface area contributed by atoms with E-state index < -0.39 is 0 Å². The van der Waals surface area contributed by atoms with Crippen molar-refractivity contribution in [2.24, 2.45) is 5.92 Å². The van der Waals surface area contributed by atoms with Crippen LogP contribution in [-0.4, -0.2) is 29.2 Å². The van der Waals surface area contributed by atoms with Crippen molar-refractivity contribution in [3.8, 4) is 0 Å². The van der Waals surface area contributed by atoms with Gasteiger partial charge in [-0.15, -0.1) is 0 Å². The summed E-state index contributed by atoms with van der Waals surface area (Å²) in [4.78, 5) is 9.13. The molecule has 1 heterocycles. The van der Waals surface area contributed by atoms with Gasteiger partial charge in [-0.3, -0.25) is 0 Å². The molecule has 4 heteroatoms. The molecule has 0 radical (unpaired) electrons. The third-order valence-electron chi connectivity index (χ3n) is 3.33. The van der Waals surface area contributed by atoms with Gasteiger partial charge in [-0.2, -0.15) is 0 Å². The first-order chi connectivity index (χ1) is 9.43. The van der Waals surface area contributed by atoms with E-state index in [2.05, 4.69) is 49.9 Å². The van der Waals surface area contributed by atoms with E-state index in [1.807, 2.05) is 6.92 Å². The third-order valence-corrected chi connectivity index (χ3v) is 3.33. The Morgan fingerprint density at radius 2 is 1.70 bits per heavy atom. The fourth-order valence-electron chi connectivity index (χ4n) is 2.22. The quantitative estimate of drug-likeness (QED) is 0.795. The Bertz CT molecular complexity index is 395. The van der Waals surface area contributed by atoms with Gasteiger partial charge >= 0.3 is 0 Å². The molecule has 0 aromatic carbocycles. The van der Waals surface area contributed by atoms with Crippen molar-refractivity contribution >= 4 is 0 Å². The Kier molecular flexibility index (Phi) is 7.10. The summed E-state index contributed by atoms with van der Waals surface area (Å²) in [6, 6.07) is 0.532. The van der Waals surface area contributed by atoms with Crippen molar-refractivity contribution < 1.29 is 4.74 Å². The Labute approximate surface area is 123 Å². The first-order valence-electron chi connectivity index (χ1n) is 7.58. The van der Waals surface area contributed by atoms with Gasteiger partial charge in [0.2, 0.25) is 0 Å². The molecule has 0 aliphatic heterocycles. The van der Waals surface area contributed by atoms with Gasteiger partial charge in [0.05, 0.1) is 0 Å². The van der Waals surface area contributed by atoms with Crippen LogP contribution < -0.4 is 5.32 Å². The van der Waals surface area contributed by atoms with Crippen molar-refractivity contribution in [2.75, 3.05) is 13.2 Å². The summed E-state index contributed by atoms with van der Waals surface area (Å²) in [5.74, 6) is 1.37. The molecule has 20 heavy (non-hydrogen) atoms. The molecule has 1 unspecified atom stereocenters. The fourth-order valence-corrected chi connectivity index (χ4v) is 2.22. The minimum Gasteiger partial charge on any atom is -0.374 e. The Hall–Kier alpha value is -1.00. The lowest BCUT2D eigenvalue weighted by Gasteiger charge is -2.17. The van der Waals surface area contributed by atoms with Crippen LogP contribution in [0.3, 0.4) is 0 Å². The lowest BCUT2D eigenvalue weighted by Crippen LogP contribution is -2.29. The second-order valence-corrected chi connectivity index (χ2v) is 5.80. The molecule has 1 atom stereocenters. The van der Waals surface area contributed by atoms with Crippen molar-refractivity contribution in [3.63, 3.8) is 0 Å². The molecular weight excluding hydrogens is 250 g/mol. The molecule has 0 amide bonds. The average Bonchev–Trinajstić information content (AvgIpc) is 2.38. The fraction of sp³-hybridized carbons (Fsp3) is 0.750. The number of nitrogens with one attached hydrogen (secondary N) is 1. The molecular formula is C16H29N3O. The Morgan fingerprint density at radius 1 is 1.10 bits per heavy atom. The minimum absolute atomic E-state index is 0.503. The maximum Gasteiger partial charge on any atom is 0.154 e. The van der Waals surface area contributed by atoms with Crippen LogP contribution in [0, 0.1) is 19.8 Å². The van der Waals surface area contributed by atoms with Crippen molar-refractivity contribution in [2.45, 2.75) is 60.6 Å². The van der Waals surface area contributed by atoms with Crippen LogP contribution in [0.2, 0.25) is 0 Å². The van der Waals surface area contributed by atoms with E-state index in [0.29, 0.717) is 25.2 Å². The molecule has 0 bridgehead atoms. The Morgan fingerprint density at radius 3 is 2.20 bits per heavy atom. The monoisotopic (exact) mass is 279 g/mol. The van der Waals surface area contributed by atoms with Crippen LogP contribution in [0.15, 0.2) is 0 Å². The molecule has 0 saturated heterocycles. The summed E-state index contributed by atoms with van der Waals surface area (Å²) in [6.07, 6.45) is 1.02. The number of aromatic nitrogens is 2. The van der Waals surface area contributed by atoms with Gasteiger partial charge in [0.1, 0.15) is 6.61 Å². The zero-order valence-corrected chi connectivity index (χ0v) is 13.8. The van der Waals surface area contributed by atoms with Crippen LogP contribution in [-0.2, 0) is 17.8 Å². The number of hydrogen-bond donors (Lipinski definition) is 1. The van der Waals surface area contributed by atoms with E-state index in [1.54, 1.807) is 0 Å². The molecule has 0 aliphatic carbocycles. The number of aryl methyl sites for hydroxylation is 2. The number of nitrogens with zero attached hydrogens (tertiary/aromatic N) is 2. The van der Waals surface area contributed by atoms with Crippen LogP contribution >= 0.6 is 0 Å². The number of rotatable bonds is 8. The van der Waals surface area contributed by atoms with Gasteiger partial charge in [0.25, 0.3) is 0 Å². The molecule has 0 aliphatic rings. The Balaban J connectivity index is 2.70. The molecule has 0 fully saturated rings. The van der Waals surface area contributed by atoms with Crippen LogP contribution in [0.1, 0.15) is 50.5 Å². The van der Waals surface area contributed by atoms with Crippen molar-refractivity contribution in [3.05, 3.63) is 22.8 Å². The molecule has 1 aromatic rings. The zero-order chi connectivity index (χ0) is 15.1. The molecule has 1 aromatic heterocycles. The third kappa shape index (κ3) is 5.55. The second kappa shape index (κ2) is 8.32. The van der Waals surface area contributed by atoms with Crippen LogP contribution in [0.5, 0.6) is 0 Å². The number of hydrogen-bond acceptors (Lipinski definition) is 4. The normalized spacial score (nSPS) is 12.9.